The van der Waals surface area contributed by atoms with Crippen LogP contribution in [-0.2, 0) is 4.74 Å². The zero-order valence-corrected chi connectivity index (χ0v) is 12.6. The smallest absolute Gasteiger partial charge is 0.0739 e. The van der Waals surface area contributed by atoms with E-state index < -0.39 is 5.60 Å². The van der Waals surface area contributed by atoms with Gasteiger partial charge in [-0.3, -0.25) is 0 Å². The highest BCUT2D eigenvalue weighted by atomic mass is 16.5. The average molecular weight is 264 g/mol. The fraction of sp³-hybridized carbons (Fsp3) is 0.882. The molecule has 3 rings (SSSR count). The van der Waals surface area contributed by atoms with Crippen LogP contribution in [0, 0.1) is 22.7 Å². The SMILES string of the molecule is CC1(C)CC=CC(C)([C@]2(O)CC[C@@H]3COC[C@@H]3C2)C1. The normalized spacial score (nSPS) is 49.1. The first-order chi connectivity index (χ1) is 8.84. The molecule has 2 nitrogen and oxygen atoms in total. The lowest BCUT2D eigenvalue weighted by molar-refractivity contribution is -0.115. The molecular weight excluding hydrogens is 236 g/mol. The molecule has 1 heterocycles. The summed E-state index contributed by atoms with van der Waals surface area (Å²) >= 11 is 0. The fourth-order valence-corrected chi connectivity index (χ4v) is 4.75. The zero-order valence-electron chi connectivity index (χ0n) is 12.6. The van der Waals surface area contributed by atoms with Crippen LogP contribution in [-0.4, -0.2) is 23.9 Å². The van der Waals surface area contributed by atoms with E-state index in [2.05, 4.69) is 32.9 Å². The van der Waals surface area contributed by atoms with Gasteiger partial charge in [0.05, 0.1) is 5.60 Å². The average Bonchev–Trinajstić information content (AvgIpc) is 2.74. The Balaban J connectivity index is 1.83. The van der Waals surface area contributed by atoms with Crippen LogP contribution in [0.3, 0.4) is 0 Å². The van der Waals surface area contributed by atoms with E-state index in [1.54, 1.807) is 0 Å². The monoisotopic (exact) mass is 264 g/mol. The largest absolute Gasteiger partial charge is 0.389 e. The number of hydrogen-bond donors (Lipinski definition) is 1. The maximum atomic E-state index is 11.3. The highest BCUT2D eigenvalue weighted by Crippen LogP contribution is 2.55. The third kappa shape index (κ3) is 2.27. The second-order valence-corrected chi connectivity index (χ2v) is 8.20. The molecule has 0 spiro atoms. The van der Waals surface area contributed by atoms with Crippen molar-refractivity contribution in [3.63, 3.8) is 0 Å². The Kier molecular flexibility index (Phi) is 3.10. The van der Waals surface area contributed by atoms with Crippen molar-refractivity contribution in [2.24, 2.45) is 22.7 Å². The summed E-state index contributed by atoms with van der Waals surface area (Å²) in [6.45, 7) is 8.68. The molecule has 4 atom stereocenters. The van der Waals surface area contributed by atoms with Gasteiger partial charge in [-0.05, 0) is 49.4 Å². The Bertz CT molecular complexity index is 387. The molecule has 3 aliphatic rings. The van der Waals surface area contributed by atoms with Crippen LogP contribution in [0.2, 0.25) is 0 Å². The topological polar surface area (TPSA) is 29.5 Å². The summed E-state index contributed by atoms with van der Waals surface area (Å²) in [5.41, 5.74) is -0.291. The van der Waals surface area contributed by atoms with Crippen LogP contribution >= 0.6 is 0 Å². The third-order valence-corrected chi connectivity index (χ3v) is 5.92. The van der Waals surface area contributed by atoms with Crippen molar-refractivity contribution in [1.82, 2.24) is 0 Å². The van der Waals surface area contributed by atoms with Crippen LogP contribution in [0.5, 0.6) is 0 Å². The van der Waals surface area contributed by atoms with Gasteiger partial charge in [0.25, 0.3) is 0 Å². The van der Waals surface area contributed by atoms with E-state index in [1.165, 1.54) is 0 Å². The molecule has 0 aromatic rings. The van der Waals surface area contributed by atoms with Gasteiger partial charge in [-0.1, -0.05) is 32.9 Å². The maximum absolute atomic E-state index is 11.3. The van der Waals surface area contributed by atoms with E-state index >= 15 is 0 Å². The number of ether oxygens (including phenoxy) is 1. The molecule has 19 heavy (non-hydrogen) atoms. The Morgan fingerprint density at radius 2 is 1.89 bits per heavy atom. The van der Waals surface area contributed by atoms with E-state index in [4.69, 9.17) is 4.74 Å². The number of hydrogen-bond acceptors (Lipinski definition) is 2. The van der Waals surface area contributed by atoms with Crippen molar-refractivity contribution in [1.29, 1.82) is 0 Å². The van der Waals surface area contributed by atoms with E-state index in [1.807, 2.05) is 0 Å². The summed E-state index contributed by atoms with van der Waals surface area (Å²) in [6, 6.07) is 0. The molecule has 1 unspecified atom stereocenters. The molecule has 0 aromatic heterocycles. The molecule has 1 saturated carbocycles. The van der Waals surface area contributed by atoms with E-state index in [9.17, 15) is 5.11 Å². The van der Waals surface area contributed by atoms with Crippen molar-refractivity contribution in [2.45, 2.75) is 58.5 Å². The maximum Gasteiger partial charge on any atom is 0.0739 e. The molecule has 108 valence electrons. The first-order valence-electron chi connectivity index (χ1n) is 7.82. The Morgan fingerprint density at radius 3 is 2.63 bits per heavy atom. The van der Waals surface area contributed by atoms with Crippen LogP contribution < -0.4 is 0 Å². The minimum atomic E-state index is -0.532. The standard InChI is InChI=1S/C17H28O2/c1-15(2)6-4-7-16(3,12-15)17(18)8-5-13-10-19-11-14(13)9-17/h4,7,13-14,18H,5-6,8-12H2,1-3H3/t13-,14+,16?,17+/m1/s1. The van der Waals surface area contributed by atoms with Crippen LogP contribution in [0.25, 0.3) is 0 Å². The first kappa shape index (κ1) is 13.6. The second kappa shape index (κ2) is 4.33. The summed E-state index contributed by atoms with van der Waals surface area (Å²) in [5.74, 6) is 1.28. The van der Waals surface area contributed by atoms with E-state index in [-0.39, 0.29) is 5.41 Å². The highest BCUT2D eigenvalue weighted by molar-refractivity contribution is 5.16. The van der Waals surface area contributed by atoms with Crippen molar-refractivity contribution >= 4 is 0 Å². The Labute approximate surface area is 117 Å². The molecule has 2 fully saturated rings. The molecule has 2 heteroatoms. The first-order valence-corrected chi connectivity index (χ1v) is 7.82. The summed E-state index contributed by atoms with van der Waals surface area (Å²) < 4.78 is 5.62. The number of aliphatic hydroxyl groups is 1. The summed E-state index contributed by atoms with van der Waals surface area (Å²) in [7, 11) is 0. The summed E-state index contributed by atoms with van der Waals surface area (Å²) in [5, 5.41) is 11.3. The summed E-state index contributed by atoms with van der Waals surface area (Å²) in [4.78, 5) is 0. The fourth-order valence-electron chi connectivity index (χ4n) is 4.75. The van der Waals surface area contributed by atoms with E-state index in [0.717, 1.165) is 45.3 Å². The molecular formula is C17H28O2. The van der Waals surface area contributed by atoms with Gasteiger partial charge < -0.3 is 9.84 Å². The second-order valence-electron chi connectivity index (χ2n) is 8.20. The van der Waals surface area contributed by atoms with Crippen LogP contribution in [0.1, 0.15) is 52.9 Å². The van der Waals surface area contributed by atoms with Gasteiger partial charge >= 0.3 is 0 Å². The van der Waals surface area contributed by atoms with Gasteiger partial charge in [0, 0.05) is 18.6 Å². The van der Waals surface area contributed by atoms with E-state index in [0.29, 0.717) is 17.3 Å². The number of fused-ring (bicyclic) bond motifs is 1. The van der Waals surface area contributed by atoms with Gasteiger partial charge in [0.15, 0.2) is 0 Å². The lowest BCUT2D eigenvalue weighted by Gasteiger charge is -2.52. The molecule has 0 radical (unpaired) electrons. The molecule has 0 bridgehead atoms. The number of rotatable bonds is 1. The molecule has 0 aromatic carbocycles. The quantitative estimate of drug-likeness (QED) is 0.734. The minimum absolute atomic E-state index is 0.0672. The van der Waals surface area contributed by atoms with Crippen LogP contribution in [0.4, 0.5) is 0 Å². The predicted molar refractivity (Wildman–Crippen MR) is 76.9 cm³/mol. The number of allylic oxidation sites excluding steroid dienone is 1. The van der Waals surface area contributed by atoms with Crippen molar-refractivity contribution < 1.29 is 9.84 Å². The molecule has 1 aliphatic heterocycles. The van der Waals surface area contributed by atoms with Gasteiger partial charge in [0.1, 0.15) is 0 Å². The van der Waals surface area contributed by atoms with Gasteiger partial charge in [-0.25, -0.2) is 0 Å². The lowest BCUT2D eigenvalue weighted by Crippen LogP contribution is -2.52. The molecule has 2 aliphatic carbocycles. The zero-order chi connectivity index (χ0) is 13.7. The minimum Gasteiger partial charge on any atom is -0.389 e. The molecule has 0 amide bonds. The third-order valence-electron chi connectivity index (χ3n) is 5.92. The van der Waals surface area contributed by atoms with Crippen molar-refractivity contribution in [2.75, 3.05) is 13.2 Å². The van der Waals surface area contributed by atoms with Gasteiger partial charge in [-0.2, -0.15) is 0 Å². The molecule has 1 N–H and O–H groups in total. The van der Waals surface area contributed by atoms with Crippen LogP contribution in [0.15, 0.2) is 12.2 Å². The lowest BCUT2D eigenvalue weighted by atomic mass is 9.55. The predicted octanol–water partition coefficient (Wildman–Crippen LogP) is 3.55. The molecule has 1 saturated heterocycles. The van der Waals surface area contributed by atoms with Gasteiger partial charge in [0.2, 0.25) is 0 Å². The summed E-state index contributed by atoms with van der Waals surface area (Å²) in [6.07, 6.45) is 9.81. The van der Waals surface area contributed by atoms with Gasteiger partial charge in [-0.15, -0.1) is 0 Å². The highest BCUT2D eigenvalue weighted by Gasteiger charge is 2.53. The Hall–Kier alpha value is -0.340. The Morgan fingerprint density at radius 1 is 1.16 bits per heavy atom. The van der Waals surface area contributed by atoms with Crippen molar-refractivity contribution in [3.05, 3.63) is 12.2 Å². The van der Waals surface area contributed by atoms with Crippen molar-refractivity contribution in [3.8, 4) is 0 Å².